The minimum absolute atomic E-state index is 0.0760. The number of fused-ring (bicyclic) bond motifs is 1. The van der Waals surface area contributed by atoms with Crippen molar-refractivity contribution in [3.63, 3.8) is 0 Å². The van der Waals surface area contributed by atoms with Crippen LogP contribution in [0.15, 0.2) is 42.5 Å². The van der Waals surface area contributed by atoms with Crippen LogP contribution in [0.2, 0.25) is 0 Å². The zero-order valence-corrected chi connectivity index (χ0v) is 11.0. The molecule has 3 nitrogen and oxygen atoms in total. The van der Waals surface area contributed by atoms with Crippen LogP contribution in [0.3, 0.4) is 0 Å². The molecule has 1 N–H and O–H groups in total. The number of benzene rings is 2. The van der Waals surface area contributed by atoms with Crippen LogP contribution in [-0.4, -0.2) is 12.2 Å². The summed E-state index contributed by atoms with van der Waals surface area (Å²) in [5.74, 6) is 2.12. The van der Waals surface area contributed by atoms with Crippen LogP contribution < -0.4 is 9.47 Å². The third-order valence-corrected chi connectivity index (χ3v) is 3.64. The van der Waals surface area contributed by atoms with E-state index in [1.165, 1.54) is 0 Å². The van der Waals surface area contributed by atoms with Gasteiger partial charge in [0.05, 0.1) is 7.11 Å². The molecule has 98 valence electrons. The van der Waals surface area contributed by atoms with E-state index in [-0.39, 0.29) is 17.8 Å². The summed E-state index contributed by atoms with van der Waals surface area (Å²) in [4.78, 5) is 0. The van der Waals surface area contributed by atoms with Crippen LogP contribution >= 0.6 is 0 Å². The van der Waals surface area contributed by atoms with E-state index >= 15 is 0 Å². The largest absolute Gasteiger partial charge is 0.508 e. The summed E-state index contributed by atoms with van der Waals surface area (Å²) in [7, 11) is 1.66. The second kappa shape index (κ2) is 4.50. The molecule has 2 atom stereocenters. The molecule has 3 rings (SSSR count). The summed E-state index contributed by atoms with van der Waals surface area (Å²) < 4.78 is 11.4. The molecular weight excluding hydrogens is 240 g/mol. The fourth-order valence-corrected chi connectivity index (χ4v) is 2.64. The highest BCUT2D eigenvalue weighted by molar-refractivity contribution is 5.48. The van der Waals surface area contributed by atoms with E-state index in [1.807, 2.05) is 30.3 Å². The lowest BCUT2D eigenvalue weighted by molar-refractivity contribution is 0.210. The second-order valence-electron chi connectivity index (χ2n) is 4.79. The van der Waals surface area contributed by atoms with Gasteiger partial charge < -0.3 is 14.6 Å². The average Bonchev–Trinajstić information content (AvgIpc) is 2.76. The van der Waals surface area contributed by atoms with E-state index in [0.29, 0.717) is 0 Å². The number of phenolic OH excluding ortho intramolecular Hbond substituents is 1. The molecule has 0 saturated carbocycles. The van der Waals surface area contributed by atoms with Crippen molar-refractivity contribution in [2.45, 2.75) is 18.9 Å². The van der Waals surface area contributed by atoms with Gasteiger partial charge in [0.25, 0.3) is 0 Å². The maximum Gasteiger partial charge on any atom is 0.134 e. The number of methoxy groups -OCH3 is 1. The highest BCUT2D eigenvalue weighted by atomic mass is 16.5. The molecule has 1 heterocycles. The number of hydrogen-bond acceptors (Lipinski definition) is 3. The Kier molecular flexibility index (Phi) is 2.82. The van der Waals surface area contributed by atoms with Gasteiger partial charge in [-0.1, -0.05) is 25.1 Å². The van der Waals surface area contributed by atoms with Gasteiger partial charge in [0.15, 0.2) is 0 Å². The topological polar surface area (TPSA) is 38.7 Å². The Morgan fingerprint density at radius 2 is 1.89 bits per heavy atom. The lowest BCUT2D eigenvalue weighted by atomic mass is 9.92. The molecule has 0 bridgehead atoms. The summed E-state index contributed by atoms with van der Waals surface area (Å²) >= 11 is 0. The molecule has 0 aliphatic carbocycles. The van der Waals surface area contributed by atoms with Gasteiger partial charge in [-0.2, -0.15) is 0 Å². The lowest BCUT2D eigenvalue weighted by Crippen LogP contribution is -2.08. The Bertz CT molecular complexity index is 607. The molecule has 0 amide bonds. The van der Waals surface area contributed by atoms with Crippen LogP contribution in [0.4, 0.5) is 0 Å². The standard InChI is InChI=1S/C16H16O3/c1-10-13-9-11(17)7-8-15(13)19-16(10)12-5-3-4-6-14(12)18-2/h3-10,16-17H,1-2H3/t10-,16-/m0/s1. The average molecular weight is 256 g/mol. The monoisotopic (exact) mass is 256 g/mol. The van der Waals surface area contributed by atoms with Crippen LogP contribution in [0.1, 0.15) is 30.1 Å². The fraction of sp³-hybridized carbons (Fsp3) is 0.250. The smallest absolute Gasteiger partial charge is 0.134 e. The lowest BCUT2D eigenvalue weighted by Gasteiger charge is -2.18. The third kappa shape index (κ3) is 1.91. The van der Waals surface area contributed by atoms with Crippen molar-refractivity contribution in [1.29, 1.82) is 0 Å². The highest BCUT2D eigenvalue weighted by Crippen LogP contribution is 2.48. The first-order valence-corrected chi connectivity index (χ1v) is 6.33. The Balaban J connectivity index is 2.01. The molecule has 0 radical (unpaired) electrons. The van der Waals surface area contributed by atoms with Gasteiger partial charge in [-0.15, -0.1) is 0 Å². The molecule has 0 saturated heterocycles. The number of aromatic hydroxyl groups is 1. The summed E-state index contributed by atoms with van der Waals surface area (Å²) in [6.45, 7) is 2.10. The summed E-state index contributed by atoms with van der Waals surface area (Å²) in [5, 5.41) is 9.59. The van der Waals surface area contributed by atoms with Gasteiger partial charge >= 0.3 is 0 Å². The Morgan fingerprint density at radius 3 is 2.68 bits per heavy atom. The van der Waals surface area contributed by atoms with Crippen molar-refractivity contribution >= 4 is 0 Å². The number of para-hydroxylation sites is 1. The van der Waals surface area contributed by atoms with Crippen molar-refractivity contribution in [1.82, 2.24) is 0 Å². The number of phenols is 1. The quantitative estimate of drug-likeness (QED) is 0.891. The first-order chi connectivity index (χ1) is 9.20. The van der Waals surface area contributed by atoms with E-state index in [4.69, 9.17) is 9.47 Å². The van der Waals surface area contributed by atoms with Gasteiger partial charge in [-0.3, -0.25) is 0 Å². The SMILES string of the molecule is COc1ccccc1[C@H]1Oc2ccc(O)cc2[C@@H]1C. The third-order valence-electron chi connectivity index (χ3n) is 3.64. The van der Waals surface area contributed by atoms with Crippen LogP contribution in [-0.2, 0) is 0 Å². The van der Waals surface area contributed by atoms with Crippen LogP contribution in [0.5, 0.6) is 17.2 Å². The van der Waals surface area contributed by atoms with Crippen molar-refractivity contribution < 1.29 is 14.6 Å². The molecule has 2 aromatic rings. The summed E-state index contributed by atoms with van der Waals surface area (Å²) in [5.41, 5.74) is 2.07. The van der Waals surface area contributed by atoms with Crippen molar-refractivity contribution in [2.24, 2.45) is 0 Å². The number of hydrogen-bond donors (Lipinski definition) is 1. The maximum atomic E-state index is 9.59. The Hall–Kier alpha value is -2.16. The molecule has 1 aliphatic heterocycles. The van der Waals surface area contributed by atoms with E-state index in [1.54, 1.807) is 19.2 Å². The zero-order chi connectivity index (χ0) is 13.4. The minimum Gasteiger partial charge on any atom is -0.508 e. The second-order valence-corrected chi connectivity index (χ2v) is 4.79. The predicted octanol–water partition coefficient (Wildman–Crippen LogP) is 3.64. The first-order valence-electron chi connectivity index (χ1n) is 6.33. The highest BCUT2D eigenvalue weighted by Gasteiger charge is 2.34. The zero-order valence-electron chi connectivity index (χ0n) is 11.0. The molecule has 0 unspecified atom stereocenters. The first kappa shape index (κ1) is 11.9. The molecular formula is C16H16O3. The van der Waals surface area contributed by atoms with Gasteiger partial charge in [-0.05, 0) is 24.3 Å². The molecule has 19 heavy (non-hydrogen) atoms. The molecule has 1 aliphatic rings. The van der Waals surface area contributed by atoms with E-state index < -0.39 is 0 Å². The molecule has 0 aromatic heterocycles. The summed E-state index contributed by atoms with van der Waals surface area (Å²) in [6, 6.07) is 13.1. The molecule has 3 heteroatoms. The molecule has 2 aromatic carbocycles. The fourth-order valence-electron chi connectivity index (χ4n) is 2.64. The maximum absolute atomic E-state index is 9.59. The van der Waals surface area contributed by atoms with Gasteiger partial charge in [0.1, 0.15) is 23.4 Å². The predicted molar refractivity (Wildman–Crippen MR) is 72.9 cm³/mol. The number of rotatable bonds is 2. The van der Waals surface area contributed by atoms with E-state index in [0.717, 1.165) is 22.6 Å². The molecule has 0 fully saturated rings. The summed E-state index contributed by atoms with van der Waals surface area (Å²) in [6.07, 6.45) is -0.0760. The van der Waals surface area contributed by atoms with Crippen molar-refractivity contribution in [2.75, 3.05) is 7.11 Å². The van der Waals surface area contributed by atoms with Crippen LogP contribution in [0, 0.1) is 0 Å². The number of ether oxygens (including phenoxy) is 2. The Morgan fingerprint density at radius 1 is 1.11 bits per heavy atom. The van der Waals surface area contributed by atoms with Crippen molar-refractivity contribution in [3.8, 4) is 17.2 Å². The van der Waals surface area contributed by atoms with E-state index in [9.17, 15) is 5.11 Å². The van der Waals surface area contributed by atoms with E-state index in [2.05, 4.69) is 6.92 Å². The Labute approximate surface area is 112 Å². The van der Waals surface area contributed by atoms with Crippen LogP contribution in [0.25, 0.3) is 0 Å². The molecule has 0 spiro atoms. The van der Waals surface area contributed by atoms with Crippen molar-refractivity contribution in [3.05, 3.63) is 53.6 Å². The van der Waals surface area contributed by atoms with Gasteiger partial charge in [-0.25, -0.2) is 0 Å². The minimum atomic E-state index is -0.0760. The normalized spacial score (nSPS) is 20.7. The van der Waals surface area contributed by atoms with Gasteiger partial charge in [0, 0.05) is 17.0 Å². The van der Waals surface area contributed by atoms with Gasteiger partial charge in [0.2, 0.25) is 0 Å².